The Labute approximate surface area is 91.5 Å². The average molecular weight is 211 g/mol. The van der Waals surface area contributed by atoms with E-state index in [1.807, 2.05) is 0 Å². The largest absolute Gasteiger partial charge is 0.481 e. The van der Waals surface area contributed by atoms with Gasteiger partial charge < -0.3 is 5.11 Å². The van der Waals surface area contributed by atoms with Crippen molar-refractivity contribution in [2.24, 2.45) is 11.8 Å². The first-order valence-electron chi connectivity index (χ1n) is 6.13. The Balaban J connectivity index is 1.90. The van der Waals surface area contributed by atoms with Crippen molar-refractivity contribution in [2.45, 2.75) is 45.1 Å². The second kappa shape index (κ2) is 4.52. The third-order valence-corrected chi connectivity index (χ3v) is 3.99. The van der Waals surface area contributed by atoms with Crippen molar-refractivity contribution in [1.82, 2.24) is 4.90 Å². The van der Waals surface area contributed by atoms with Crippen LogP contribution in [0.4, 0.5) is 0 Å². The first-order valence-corrected chi connectivity index (χ1v) is 6.13. The van der Waals surface area contributed by atoms with Crippen LogP contribution < -0.4 is 0 Å². The summed E-state index contributed by atoms with van der Waals surface area (Å²) in [5.74, 6) is 0.112. The molecule has 2 fully saturated rings. The molecule has 2 aliphatic rings. The molecule has 0 aromatic rings. The zero-order chi connectivity index (χ0) is 10.8. The highest BCUT2D eigenvalue weighted by atomic mass is 16.4. The molecule has 1 N–H and O–H groups in total. The lowest BCUT2D eigenvalue weighted by atomic mass is 9.96. The first-order chi connectivity index (χ1) is 7.16. The van der Waals surface area contributed by atoms with Gasteiger partial charge in [0.15, 0.2) is 0 Å². The van der Waals surface area contributed by atoms with E-state index in [0.29, 0.717) is 6.04 Å². The van der Waals surface area contributed by atoms with Crippen molar-refractivity contribution < 1.29 is 9.90 Å². The van der Waals surface area contributed by atoms with Crippen molar-refractivity contribution in [3.8, 4) is 0 Å². The molecule has 0 bridgehead atoms. The van der Waals surface area contributed by atoms with Gasteiger partial charge >= 0.3 is 5.97 Å². The number of carbonyl (C=O) groups is 1. The molecule has 0 radical (unpaired) electrons. The molecule has 0 aromatic carbocycles. The Morgan fingerprint density at radius 1 is 1.33 bits per heavy atom. The minimum Gasteiger partial charge on any atom is -0.481 e. The molecular weight excluding hydrogens is 190 g/mol. The fraction of sp³-hybridized carbons (Fsp3) is 0.917. The van der Waals surface area contributed by atoms with Crippen molar-refractivity contribution in [1.29, 1.82) is 0 Å². The molecule has 1 saturated heterocycles. The third-order valence-electron chi connectivity index (χ3n) is 3.99. The summed E-state index contributed by atoms with van der Waals surface area (Å²) in [6.45, 7) is 4.20. The molecule has 86 valence electrons. The Morgan fingerprint density at radius 3 is 2.73 bits per heavy atom. The zero-order valence-corrected chi connectivity index (χ0v) is 9.48. The van der Waals surface area contributed by atoms with Crippen LogP contribution >= 0.6 is 0 Å². The van der Waals surface area contributed by atoms with Gasteiger partial charge in [-0.2, -0.15) is 0 Å². The van der Waals surface area contributed by atoms with E-state index in [9.17, 15) is 4.79 Å². The molecule has 0 spiro atoms. The van der Waals surface area contributed by atoms with Crippen LogP contribution in [0.2, 0.25) is 0 Å². The summed E-state index contributed by atoms with van der Waals surface area (Å²) in [6, 6.07) is 0.669. The van der Waals surface area contributed by atoms with Gasteiger partial charge in [0.05, 0.1) is 5.92 Å². The number of rotatable bonds is 2. The summed E-state index contributed by atoms with van der Waals surface area (Å²) in [4.78, 5) is 13.4. The maximum absolute atomic E-state index is 11.0. The summed E-state index contributed by atoms with van der Waals surface area (Å²) >= 11 is 0. The van der Waals surface area contributed by atoms with Gasteiger partial charge in [-0.1, -0.05) is 6.92 Å². The molecule has 1 heterocycles. The highest BCUT2D eigenvalue weighted by molar-refractivity contribution is 5.70. The lowest BCUT2D eigenvalue weighted by molar-refractivity contribution is -0.143. The Bertz CT molecular complexity index is 242. The van der Waals surface area contributed by atoms with E-state index in [1.165, 1.54) is 19.3 Å². The molecular formula is C12H21NO2. The first kappa shape index (κ1) is 10.9. The molecule has 1 aliphatic carbocycles. The normalized spacial score (nSPS) is 38.1. The monoisotopic (exact) mass is 211 g/mol. The molecule has 3 heteroatoms. The van der Waals surface area contributed by atoms with E-state index in [2.05, 4.69) is 11.8 Å². The number of hydrogen-bond donors (Lipinski definition) is 1. The summed E-state index contributed by atoms with van der Waals surface area (Å²) in [5.41, 5.74) is 0. The maximum Gasteiger partial charge on any atom is 0.307 e. The van der Waals surface area contributed by atoms with Crippen LogP contribution in [-0.2, 0) is 4.79 Å². The fourth-order valence-electron chi connectivity index (χ4n) is 3.05. The molecule has 1 saturated carbocycles. The average Bonchev–Trinajstić information content (AvgIpc) is 2.65. The molecule has 0 aromatic heterocycles. The van der Waals surface area contributed by atoms with Crippen LogP contribution in [0.1, 0.15) is 39.0 Å². The summed E-state index contributed by atoms with van der Waals surface area (Å²) in [5, 5.41) is 9.02. The van der Waals surface area contributed by atoms with Crippen LogP contribution in [-0.4, -0.2) is 35.1 Å². The van der Waals surface area contributed by atoms with Crippen molar-refractivity contribution >= 4 is 5.97 Å². The zero-order valence-electron chi connectivity index (χ0n) is 9.48. The van der Waals surface area contributed by atoms with E-state index < -0.39 is 5.97 Å². The van der Waals surface area contributed by atoms with E-state index in [0.717, 1.165) is 31.8 Å². The number of nitrogens with zero attached hydrogens (tertiary/aromatic N) is 1. The predicted octanol–water partition coefficient (Wildman–Crippen LogP) is 1.97. The Hall–Kier alpha value is -0.570. The van der Waals surface area contributed by atoms with Gasteiger partial charge in [-0.25, -0.2) is 0 Å². The topological polar surface area (TPSA) is 40.5 Å². The van der Waals surface area contributed by atoms with E-state index in [1.54, 1.807) is 0 Å². The Kier molecular flexibility index (Phi) is 3.29. The molecule has 1 aliphatic heterocycles. The van der Waals surface area contributed by atoms with E-state index in [-0.39, 0.29) is 5.92 Å². The summed E-state index contributed by atoms with van der Waals surface area (Å²) < 4.78 is 0. The number of piperidine rings is 1. The highest BCUT2D eigenvalue weighted by Gasteiger charge is 2.32. The summed E-state index contributed by atoms with van der Waals surface area (Å²) in [6.07, 6.45) is 5.79. The molecule has 2 rings (SSSR count). The van der Waals surface area contributed by atoms with Gasteiger partial charge in [0, 0.05) is 12.6 Å². The molecule has 3 unspecified atom stereocenters. The van der Waals surface area contributed by atoms with E-state index in [4.69, 9.17) is 5.11 Å². The quantitative estimate of drug-likeness (QED) is 0.759. The lowest BCUT2D eigenvalue weighted by Crippen LogP contribution is -2.43. The molecule has 3 atom stereocenters. The second-order valence-electron chi connectivity index (χ2n) is 5.24. The molecule has 0 amide bonds. The fourth-order valence-corrected chi connectivity index (χ4v) is 3.05. The van der Waals surface area contributed by atoms with Crippen LogP contribution in [0.25, 0.3) is 0 Å². The van der Waals surface area contributed by atoms with Crippen LogP contribution in [0.15, 0.2) is 0 Å². The van der Waals surface area contributed by atoms with E-state index >= 15 is 0 Å². The highest BCUT2D eigenvalue weighted by Crippen LogP contribution is 2.31. The van der Waals surface area contributed by atoms with Gasteiger partial charge in [0.2, 0.25) is 0 Å². The lowest BCUT2D eigenvalue weighted by Gasteiger charge is -2.35. The SMILES string of the molecule is CC1CCC(N2CCCC(C(=O)O)C2)C1. The van der Waals surface area contributed by atoms with Crippen LogP contribution in [0.3, 0.4) is 0 Å². The van der Waals surface area contributed by atoms with Crippen molar-refractivity contribution in [2.75, 3.05) is 13.1 Å². The predicted molar refractivity (Wildman–Crippen MR) is 58.7 cm³/mol. The molecule has 3 nitrogen and oxygen atoms in total. The minimum absolute atomic E-state index is 0.116. The molecule has 15 heavy (non-hydrogen) atoms. The second-order valence-corrected chi connectivity index (χ2v) is 5.24. The maximum atomic E-state index is 11.0. The van der Waals surface area contributed by atoms with Crippen LogP contribution in [0, 0.1) is 11.8 Å². The van der Waals surface area contributed by atoms with Gasteiger partial charge in [0.1, 0.15) is 0 Å². The van der Waals surface area contributed by atoms with Gasteiger partial charge in [-0.15, -0.1) is 0 Å². The smallest absolute Gasteiger partial charge is 0.307 e. The number of aliphatic carboxylic acids is 1. The minimum atomic E-state index is -0.606. The number of carboxylic acids is 1. The van der Waals surface area contributed by atoms with Crippen molar-refractivity contribution in [3.63, 3.8) is 0 Å². The number of likely N-dealkylation sites (tertiary alicyclic amines) is 1. The van der Waals surface area contributed by atoms with Gasteiger partial charge in [0.25, 0.3) is 0 Å². The Morgan fingerprint density at radius 2 is 2.13 bits per heavy atom. The summed E-state index contributed by atoms with van der Waals surface area (Å²) in [7, 11) is 0. The number of hydrogen-bond acceptors (Lipinski definition) is 2. The van der Waals surface area contributed by atoms with Crippen molar-refractivity contribution in [3.05, 3.63) is 0 Å². The van der Waals surface area contributed by atoms with Crippen LogP contribution in [0.5, 0.6) is 0 Å². The standard InChI is InChI=1S/C12H21NO2/c1-9-4-5-11(7-9)13-6-2-3-10(8-13)12(14)15/h9-11H,2-8H2,1H3,(H,14,15). The number of carboxylic acid groups (broad SMARTS) is 1. The third kappa shape index (κ3) is 2.51. The van der Waals surface area contributed by atoms with Gasteiger partial charge in [-0.3, -0.25) is 9.69 Å². The van der Waals surface area contributed by atoms with Gasteiger partial charge in [-0.05, 0) is 44.6 Å².